The Bertz CT molecular complexity index is 1100. The van der Waals surface area contributed by atoms with Gasteiger partial charge in [0.15, 0.2) is 0 Å². The Morgan fingerprint density at radius 1 is 0.828 bits per heavy atom. The Hall–Kier alpha value is -2.89. The lowest BCUT2D eigenvalue weighted by Crippen LogP contribution is -2.30. The smallest absolute Gasteiger partial charge is 0.268 e. The first-order chi connectivity index (χ1) is 14.0. The summed E-state index contributed by atoms with van der Waals surface area (Å²) in [6.45, 7) is 0.137. The predicted octanol–water partition coefficient (Wildman–Crippen LogP) is 5.55. The third-order valence-electron chi connectivity index (χ3n) is 4.48. The van der Waals surface area contributed by atoms with Gasteiger partial charge < -0.3 is 0 Å². The Labute approximate surface area is 176 Å². The molecule has 0 aliphatic carbocycles. The van der Waals surface area contributed by atoms with Crippen molar-refractivity contribution in [3.05, 3.63) is 106 Å². The molecule has 3 aromatic carbocycles. The minimum absolute atomic E-state index is 0.137. The van der Waals surface area contributed by atoms with Gasteiger partial charge in [0.2, 0.25) is 0 Å². The Morgan fingerprint density at radius 3 is 2.14 bits per heavy atom. The van der Waals surface area contributed by atoms with E-state index in [0.29, 0.717) is 15.5 Å². The highest BCUT2D eigenvalue weighted by molar-refractivity contribution is 8.04. The predicted molar refractivity (Wildman–Crippen MR) is 113 cm³/mol. The Morgan fingerprint density at radius 2 is 1.48 bits per heavy atom. The molecule has 0 radical (unpaired) electrons. The summed E-state index contributed by atoms with van der Waals surface area (Å²) in [5, 5.41) is 0.582. The average Bonchev–Trinajstić information content (AvgIpc) is 2.95. The molecule has 0 bridgehead atoms. The summed E-state index contributed by atoms with van der Waals surface area (Å²) in [5.74, 6) is -1.16. The van der Waals surface area contributed by atoms with E-state index in [1.54, 1.807) is 24.3 Å². The van der Waals surface area contributed by atoms with E-state index in [4.69, 9.17) is 11.6 Å². The van der Waals surface area contributed by atoms with Crippen molar-refractivity contribution in [3.63, 3.8) is 0 Å². The number of hydrogen-bond acceptors (Lipinski definition) is 3. The van der Waals surface area contributed by atoms with Gasteiger partial charge in [-0.05, 0) is 47.5 Å². The van der Waals surface area contributed by atoms with Crippen molar-refractivity contribution in [1.29, 1.82) is 0 Å². The molecule has 4 rings (SSSR count). The van der Waals surface area contributed by atoms with Gasteiger partial charge in [-0.25, -0.2) is 4.39 Å². The molecule has 3 nitrogen and oxygen atoms in total. The van der Waals surface area contributed by atoms with E-state index >= 15 is 0 Å². The van der Waals surface area contributed by atoms with E-state index in [1.807, 2.05) is 30.3 Å². The van der Waals surface area contributed by atoms with Crippen molar-refractivity contribution in [3.8, 4) is 0 Å². The number of amides is 2. The lowest BCUT2D eigenvalue weighted by atomic mass is 10.1. The average molecular weight is 424 g/mol. The normalized spacial score (nSPS) is 14.1. The summed E-state index contributed by atoms with van der Waals surface area (Å²) < 4.78 is 13.4. The first-order valence-electron chi connectivity index (χ1n) is 8.86. The summed E-state index contributed by atoms with van der Waals surface area (Å²) in [5.41, 5.74) is 1.60. The lowest BCUT2D eigenvalue weighted by molar-refractivity contribution is -0.137. The molecule has 0 spiro atoms. The molecule has 1 heterocycles. The van der Waals surface area contributed by atoms with Crippen LogP contribution in [-0.4, -0.2) is 16.7 Å². The van der Waals surface area contributed by atoms with Gasteiger partial charge >= 0.3 is 0 Å². The molecular formula is C23H15ClFNO2S. The van der Waals surface area contributed by atoms with Crippen LogP contribution in [0.25, 0.3) is 5.57 Å². The molecule has 144 valence electrons. The Balaban J connectivity index is 1.72. The second-order valence-electron chi connectivity index (χ2n) is 6.45. The number of nitrogens with zero attached hydrogens (tertiary/aromatic N) is 1. The highest BCUT2D eigenvalue weighted by Gasteiger charge is 2.39. The zero-order valence-electron chi connectivity index (χ0n) is 15.1. The van der Waals surface area contributed by atoms with Crippen molar-refractivity contribution in [2.45, 2.75) is 11.4 Å². The standard InChI is InChI=1S/C23H15ClFNO2S/c24-17-10-6-15(7-11-17)14-26-22(27)20(16-8-12-18(25)13-9-16)21(23(26)28)29-19-4-2-1-3-5-19/h1-13H,14H2. The second-order valence-corrected chi connectivity index (χ2v) is 7.97. The molecular weight excluding hydrogens is 409 g/mol. The minimum Gasteiger partial charge on any atom is -0.269 e. The van der Waals surface area contributed by atoms with E-state index in [9.17, 15) is 14.0 Å². The number of imide groups is 1. The molecule has 0 N–H and O–H groups in total. The van der Waals surface area contributed by atoms with Gasteiger partial charge in [-0.3, -0.25) is 14.5 Å². The summed E-state index contributed by atoms with van der Waals surface area (Å²) in [6.07, 6.45) is 0. The quantitative estimate of drug-likeness (QED) is 0.505. The van der Waals surface area contributed by atoms with Crippen LogP contribution in [-0.2, 0) is 16.1 Å². The van der Waals surface area contributed by atoms with Crippen molar-refractivity contribution in [2.75, 3.05) is 0 Å². The molecule has 1 aliphatic heterocycles. The number of carbonyl (C=O) groups excluding carboxylic acids is 2. The molecule has 3 aromatic rings. The van der Waals surface area contributed by atoms with Crippen LogP contribution < -0.4 is 0 Å². The van der Waals surface area contributed by atoms with Gasteiger partial charge in [-0.1, -0.05) is 65.8 Å². The molecule has 0 fully saturated rings. The number of thioether (sulfide) groups is 1. The van der Waals surface area contributed by atoms with Crippen molar-refractivity contribution >= 4 is 40.8 Å². The number of rotatable bonds is 5. The summed E-state index contributed by atoms with van der Waals surface area (Å²) in [7, 11) is 0. The topological polar surface area (TPSA) is 37.4 Å². The van der Waals surface area contributed by atoms with Crippen LogP contribution in [0.1, 0.15) is 11.1 Å². The maximum atomic E-state index is 13.4. The highest BCUT2D eigenvalue weighted by atomic mass is 35.5. The molecule has 0 saturated heterocycles. The maximum Gasteiger partial charge on any atom is 0.268 e. The van der Waals surface area contributed by atoms with E-state index in [2.05, 4.69) is 0 Å². The molecule has 0 unspecified atom stereocenters. The van der Waals surface area contributed by atoms with Crippen LogP contribution in [0, 0.1) is 5.82 Å². The first kappa shape index (κ1) is 19.4. The van der Waals surface area contributed by atoms with Crippen LogP contribution in [0.4, 0.5) is 4.39 Å². The number of carbonyl (C=O) groups is 2. The van der Waals surface area contributed by atoms with E-state index in [0.717, 1.165) is 10.5 Å². The fourth-order valence-corrected chi connectivity index (χ4v) is 4.20. The second kappa shape index (κ2) is 8.23. The Kier molecular flexibility index (Phi) is 5.51. The number of halogens is 2. The monoisotopic (exact) mass is 423 g/mol. The summed E-state index contributed by atoms with van der Waals surface area (Å²) in [6, 6.07) is 22.0. The van der Waals surface area contributed by atoms with Crippen LogP contribution in [0.15, 0.2) is 88.7 Å². The van der Waals surface area contributed by atoms with E-state index in [-0.39, 0.29) is 18.0 Å². The zero-order valence-corrected chi connectivity index (χ0v) is 16.7. The fourth-order valence-electron chi connectivity index (χ4n) is 3.04. The number of hydrogen-bond donors (Lipinski definition) is 0. The van der Waals surface area contributed by atoms with Crippen LogP contribution >= 0.6 is 23.4 Å². The summed E-state index contributed by atoms with van der Waals surface area (Å²) in [4.78, 5) is 28.8. The fraction of sp³-hybridized carbons (Fsp3) is 0.0435. The molecule has 2 amide bonds. The highest BCUT2D eigenvalue weighted by Crippen LogP contribution is 2.40. The molecule has 1 aliphatic rings. The van der Waals surface area contributed by atoms with Gasteiger partial charge in [0, 0.05) is 9.92 Å². The van der Waals surface area contributed by atoms with Gasteiger partial charge in [0.05, 0.1) is 17.0 Å². The largest absolute Gasteiger partial charge is 0.269 e. The molecule has 6 heteroatoms. The molecule has 0 saturated carbocycles. The molecule has 0 atom stereocenters. The van der Waals surface area contributed by atoms with Gasteiger partial charge in [-0.15, -0.1) is 0 Å². The van der Waals surface area contributed by atoms with E-state index < -0.39 is 11.7 Å². The number of benzene rings is 3. The van der Waals surface area contributed by atoms with Gasteiger partial charge in [0.25, 0.3) is 11.8 Å². The van der Waals surface area contributed by atoms with Crippen LogP contribution in [0.5, 0.6) is 0 Å². The zero-order chi connectivity index (χ0) is 20.4. The third-order valence-corrected chi connectivity index (χ3v) is 5.82. The summed E-state index contributed by atoms with van der Waals surface area (Å²) >= 11 is 7.17. The van der Waals surface area contributed by atoms with Crippen molar-refractivity contribution < 1.29 is 14.0 Å². The SMILES string of the molecule is O=C1C(Sc2ccccc2)=C(c2ccc(F)cc2)C(=O)N1Cc1ccc(Cl)cc1. The van der Waals surface area contributed by atoms with Gasteiger partial charge in [0.1, 0.15) is 5.82 Å². The van der Waals surface area contributed by atoms with Crippen LogP contribution in [0.3, 0.4) is 0 Å². The van der Waals surface area contributed by atoms with Gasteiger partial charge in [-0.2, -0.15) is 0 Å². The maximum absolute atomic E-state index is 13.4. The molecule has 0 aromatic heterocycles. The lowest BCUT2D eigenvalue weighted by Gasteiger charge is -2.15. The first-order valence-corrected chi connectivity index (χ1v) is 10.1. The third kappa shape index (κ3) is 4.11. The van der Waals surface area contributed by atoms with E-state index in [1.165, 1.54) is 40.9 Å². The van der Waals surface area contributed by atoms with Crippen molar-refractivity contribution in [2.24, 2.45) is 0 Å². The van der Waals surface area contributed by atoms with Crippen molar-refractivity contribution in [1.82, 2.24) is 4.90 Å². The van der Waals surface area contributed by atoms with Crippen LogP contribution in [0.2, 0.25) is 5.02 Å². The molecule has 29 heavy (non-hydrogen) atoms. The minimum atomic E-state index is -0.401.